The first-order valence-electron chi connectivity index (χ1n) is 5.91. The fourth-order valence-corrected chi connectivity index (χ4v) is 3.91. The van der Waals surface area contributed by atoms with E-state index in [0.29, 0.717) is 6.42 Å². The maximum Gasteiger partial charge on any atom is 0.328 e. The first-order chi connectivity index (χ1) is 8.32. The Labute approximate surface area is 107 Å². The molecule has 0 bridgehead atoms. The Hall–Kier alpha value is -1.11. The smallest absolute Gasteiger partial charge is 0.328 e. The number of esters is 1. The van der Waals surface area contributed by atoms with Crippen LogP contribution in [0.3, 0.4) is 0 Å². The molecule has 0 aromatic rings. The molecule has 1 aliphatic rings. The maximum absolute atomic E-state index is 11.9. The van der Waals surface area contributed by atoms with Gasteiger partial charge in [0.05, 0.1) is 18.6 Å². The van der Waals surface area contributed by atoms with Crippen LogP contribution < -0.4 is 0 Å². The number of methoxy groups -OCH3 is 1. The van der Waals surface area contributed by atoms with Gasteiger partial charge in [0.25, 0.3) is 0 Å². The molecule has 2 atom stereocenters. The van der Waals surface area contributed by atoms with Gasteiger partial charge < -0.3 is 9.64 Å². The third-order valence-electron chi connectivity index (χ3n) is 3.15. The Kier molecular flexibility index (Phi) is 4.72. The number of sulfone groups is 1. The van der Waals surface area contributed by atoms with Gasteiger partial charge in [0.1, 0.15) is 6.04 Å². The summed E-state index contributed by atoms with van der Waals surface area (Å²) < 4.78 is 27.5. The molecule has 0 N–H and O–H groups in total. The zero-order valence-electron chi connectivity index (χ0n) is 10.9. The summed E-state index contributed by atoms with van der Waals surface area (Å²) in [5, 5.41) is 0. The number of hydrogen-bond acceptors (Lipinski definition) is 5. The zero-order chi connectivity index (χ0) is 13.9. The number of ether oxygens (including phenoxy) is 1. The lowest BCUT2D eigenvalue weighted by Crippen LogP contribution is -2.50. The Morgan fingerprint density at radius 1 is 1.44 bits per heavy atom. The number of carbonyl (C=O) groups excluding carboxylic acids is 2. The molecule has 0 aromatic heterocycles. The molecule has 1 fully saturated rings. The molecule has 0 saturated carbocycles. The lowest BCUT2D eigenvalue weighted by atomic mass is 10.1. The van der Waals surface area contributed by atoms with Crippen molar-refractivity contribution in [2.45, 2.75) is 38.8 Å². The second-order valence-corrected chi connectivity index (χ2v) is 6.64. The molecule has 1 aliphatic heterocycles. The molecule has 104 valence electrons. The van der Waals surface area contributed by atoms with Gasteiger partial charge in [-0.1, -0.05) is 6.92 Å². The number of rotatable bonds is 4. The van der Waals surface area contributed by atoms with Crippen molar-refractivity contribution in [2.24, 2.45) is 0 Å². The van der Waals surface area contributed by atoms with Crippen LogP contribution in [-0.4, -0.2) is 55.9 Å². The molecule has 1 rings (SSSR count). The summed E-state index contributed by atoms with van der Waals surface area (Å²) >= 11 is 0. The van der Waals surface area contributed by atoms with Gasteiger partial charge in [-0.3, -0.25) is 4.79 Å². The Morgan fingerprint density at radius 2 is 2.06 bits per heavy atom. The highest BCUT2D eigenvalue weighted by atomic mass is 32.2. The normalized spacial score (nSPS) is 23.4. The lowest BCUT2D eigenvalue weighted by Gasteiger charge is -2.32. The van der Waals surface area contributed by atoms with Crippen LogP contribution in [0.25, 0.3) is 0 Å². The second kappa shape index (κ2) is 5.69. The van der Waals surface area contributed by atoms with Crippen LogP contribution in [0.4, 0.5) is 0 Å². The predicted octanol–water partition coefficient (Wildman–Crippen LogP) is -0.0264. The van der Waals surface area contributed by atoms with Crippen LogP contribution in [0.1, 0.15) is 26.7 Å². The van der Waals surface area contributed by atoms with Crippen LogP contribution in [0, 0.1) is 0 Å². The monoisotopic (exact) mass is 277 g/mol. The van der Waals surface area contributed by atoms with Crippen molar-refractivity contribution in [2.75, 3.05) is 18.6 Å². The lowest BCUT2D eigenvalue weighted by molar-refractivity contribution is -0.153. The standard InChI is InChI=1S/C11H19NO5S/c1-4-10(13)12(8(2)11(14)17-3)9-5-6-18(15,16)7-9/h8-9H,4-7H2,1-3H3. The van der Waals surface area contributed by atoms with E-state index in [1.54, 1.807) is 13.8 Å². The quantitative estimate of drug-likeness (QED) is 0.674. The van der Waals surface area contributed by atoms with Gasteiger partial charge in [-0.15, -0.1) is 0 Å². The van der Waals surface area contributed by atoms with E-state index in [4.69, 9.17) is 0 Å². The summed E-state index contributed by atoms with van der Waals surface area (Å²) in [7, 11) is -1.85. The SMILES string of the molecule is CCC(=O)N(C1CCS(=O)(=O)C1)C(C)C(=O)OC. The van der Waals surface area contributed by atoms with Crippen molar-refractivity contribution in [3.8, 4) is 0 Å². The van der Waals surface area contributed by atoms with E-state index >= 15 is 0 Å². The van der Waals surface area contributed by atoms with Gasteiger partial charge in [0.15, 0.2) is 9.84 Å². The minimum atomic E-state index is -3.09. The number of amides is 1. The fraction of sp³-hybridized carbons (Fsp3) is 0.818. The molecule has 18 heavy (non-hydrogen) atoms. The molecule has 2 unspecified atom stereocenters. The minimum absolute atomic E-state index is 0.0685. The molecule has 0 radical (unpaired) electrons. The molecule has 0 aliphatic carbocycles. The Balaban J connectivity index is 2.93. The van der Waals surface area contributed by atoms with Crippen LogP contribution in [-0.2, 0) is 24.2 Å². The van der Waals surface area contributed by atoms with Gasteiger partial charge in [0.2, 0.25) is 5.91 Å². The van der Waals surface area contributed by atoms with Crippen molar-refractivity contribution in [1.82, 2.24) is 4.90 Å². The minimum Gasteiger partial charge on any atom is -0.467 e. The van der Waals surface area contributed by atoms with E-state index in [1.165, 1.54) is 12.0 Å². The molecule has 0 spiro atoms. The first-order valence-corrected chi connectivity index (χ1v) is 7.74. The average molecular weight is 277 g/mol. The van der Waals surface area contributed by atoms with Crippen molar-refractivity contribution in [1.29, 1.82) is 0 Å². The summed E-state index contributed by atoms with van der Waals surface area (Å²) in [5.74, 6) is -0.754. The fourth-order valence-electron chi connectivity index (χ4n) is 2.20. The first kappa shape index (κ1) is 14.9. The second-order valence-electron chi connectivity index (χ2n) is 4.41. The van der Waals surface area contributed by atoms with Crippen molar-refractivity contribution in [3.63, 3.8) is 0 Å². The van der Waals surface area contributed by atoms with E-state index in [2.05, 4.69) is 4.74 Å². The van der Waals surface area contributed by atoms with Crippen LogP contribution in [0.5, 0.6) is 0 Å². The summed E-state index contributed by atoms with van der Waals surface area (Å²) in [6, 6.07) is -1.17. The van der Waals surface area contributed by atoms with Crippen LogP contribution in [0.15, 0.2) is 0 Å². The highest BCUT2D eigenvalue weighted by Crippen LogP contribution is 2.21. The zero-order valence-corrected chi connectivity index (χ0v) is 11.7. The van der Waals surface area contributed by atoms with Gasteiger partial charge in [0, 0.05) is 12.5 Å². The third-order valence-corrected chi connectivity index (χ3v) is 4.90. The number of hydrogen-bond donors (Lipinski definition) is 0. The summed E-state index contributed by atoms with van der Waals surface area (Å²) in [5.41, 5.74) is 0. The molecular weight excluding hydrogens is 258 g/mol. The maximum atomic E-state index is 11.9. The molecule has 0 aromatic carbocycles. The van der Waals surface area contributed by atoms with E-state index in [9.17, 15) is 18.0 Å². The highest BCUT2D eigenvalue weighted by molar-refractivity contribution is 7.91. The predicted molar refractivity (Wildman–Crippen MR) is 65.7 cm³/mol. The molecule has 7 heteroatoms. The number of nitrogens with zero attached hydrogens (tertiary/aromatic N) is 1. The number of carbonyl (C=O) groups is 2. The van der Waals surface area contributed by atoms with Gasteiger partial charge in [-0.25, -0.2) is 13.2 Å². The largest absolute Gasteiger partial charge is 0.467 e. The van der Waals surface area contributed by atoms with E-state index in [1.807, 2.05) is 0 Å². The van der Waals surface area contributed by atoms with Gasteiger partial charge in [-0.2, -0.15) is 0 Å². The summed E-state index contributed by atoms with van der Waals surface area (Å²) in [6.07, 6.45) is 0.618. The van der Waals surface area contributed by atoms with Crippen LogP contribution >= 0.6 is 0 Å². The van der Waals surface area contributed by atoms with Gasteiger partial charge >= 0.3 is 5.97 Å². The van der Waals surface area contributed by atoms with Crippen molar-refractivity contribution in [3.05, 3.63) is 0 Å². The summed E-state index contributed by atoms with van der Waals surface area (Å²) in [6.45, 7) is 3.24. The molecule has 1 amide bonds. The molecule has 1 heterocycles. The highest BCUT2D eigenvalue weighted by Gasteiger charge is 2.38. The van der Waals surface area contributed by atoms with Gasteiger partial charge in [-0.05, 0) is 13.3 Å². The molecular formula is C11H19NO5S. The van der Waals surface area contributed by atoms with Crippen molar-refractivity contribution >= 4 is 21.7 Å². The molecule has 6 nitrogen and oxygen atoms in total. The Bertz CT molecular complexity index is 431. The average Bonchev–Trinajstić information content (AvgIpc) is 2.68. The third kappa shape index (κ3) is 3.22. The van der Waals surface area contributed by atoms with E-state index < -0.39 is 27.9 Å². The van der Waals surface area contributed by atoms with E-state index in [-0.39, 0.29) is 23.8 Å². The van der Waals surface area contributed by atoms with Crippen molar-refractivity contribution < 1.29 is 22.7 Å². The molecule has 1 saturated heterocycles. The summed E-state index contributed by atoms with van der Waals surface area (Å²) in [4.78, 5) is 24.8. The van der Waals surface area contributed by atoms with Crippen LogP contribution in [0.2, 0.25) is 0 Å². The Morgan fingerprint density at radius 3 is 2.44 bits per heavy atom. The topological polar surface area (TPSA) is 80.8 Å². The van der Waals surface area contributed by atoms with E-state index in [0.717, 1.165) is 0 Å².